The van der Waals surface area contributed by atoms with E-state index in [-0.39, 0.29) is 5.91 Å². The van der Waals surface area contributed by atoms with E-state index >= 15 is 0 Å². The smallest absolute Gasteiger partial charge is 0.255 e. The number of carbonyl (C=O) groups excluding carboxylic acids is 1. The molecule has 0 bridgehead atoms. The van der Waals surface area contributed by atoms with E-state index < -0.39 is 5.54 Å². The summed E-state index contributed by atoms with van der Waals surface area (Å²) >= 11 is 5.15. The van der Waals surface area contributed by atoms with Gasteiger partial charge in [0.1, 0.15) is 0 Å². The van der Waals surface area contributed by atoms with Gasteiger partial charge in [-0.2, -0.15) is 0 Å². The van der Waals surface area contributed by atoms with Crippen molar-refractivity contribution in [1.29, 1.82) is 0 Å². The molecule has 0 atom stereocenters. The molecule has 0 aliphatic heterocycles. The van der Waals surface area contributed by atoms with E-state index in [4.69, 9.17) is 27.4 Å². The summed E-state index contributed by atoms with van der Waals surface area (Å²) in [5.41, 5.74) is 5.68. The molecule has 0 aromatic heterocycles. The van der Waals surface area contributed by atoms with Crippen molar-refractivity contribution in [3.63, 3.8) is 0 Å². The maximum atomic E-state index is 12.6. The lowest BCUT2D eigenvalue weighted by atomic mass is 9.96. The van der Waals surface area contributed by atoms with Crippen LogP contribution in [0.3, 0.4) is 0 Å². The third-order valence-corrected chi connectivity index (χ3v) is 4.32. The second kappa shape index (κ2) is 6.30. The summed E-state index contributed by atoms with van der Waals surface area (Å²) in [5.74, 6) is 0.676. The maximum Gasteiger partial charge on any atom is 0.255 e. The van der Waals surface area contributed by atoms with E-state index in [0.29, 0.717) is 22.1 Å². The number of nitrogens with one attached hydrogen (secondary N) is 1. The van der Waals surface area contributed by atoms with Gasteiger partial charge in [0.2, 0.25) is 0 Å². The number of benzene rings is 1. The molecule has 1 aromatic carbocycles. The second-order valence-corrected chi connectivity index (χ2v) is 5.59. The Bertz CT molecular complexity index is 554. The topological polar surface area (TPSA) is 73.6 Å². The molecule has 3 N–H and O–H groups in total. The zero-order valence-corrected chi connectivity index (χ0v) is 13.1. The Morgan fingerprint density at radius 2 is 1.95 bits per heavy atom. The normalized spacial score (nSPS) is 16.3. The summed E-state index contributed by atoms with van der Waals surface area (Å²) in [6, 6.07) is 5.19. The van der Waals surface area contributed by atoms with Crippen molar-refractivity contribution in [1.82, 2.24) is 5.32 Å². The highest BCUT2D eigenvalue weighted by atomic mass is 32.1. The summed E-state index contributed by atoms with van der Waals surface area (Å²) in [6.45, 7) is 0. The summed E-state index contributed by atoms with van der Waals surface area (Å²) in [6.07, 6.45) is 3.57. The van der Waals surface area contributed by atoms with Gasteiger partial charge in [-0.25, -0.2) is 0 Å². The average molecular weight is 308 g/mol. The first-order chi connectivity index (χ1) is 10.0. The van der Waals surface area contributed by atoms with Gasteiger partial charge in [0.25, 0.3) is 5.91 Å². The zero-order valence-electron chi connectivity index (χ0n) is 12.3. The molecule has 2 rings (SSSR count). The van der Waals surface area contributed by atoms with E-state index in [9.17, 15) is 4.79 Å². The maximum absolute atomic E-state index is 12.6. The van der Waals surface area contributed by atoms with Crippen molar-refractivity contribution < 1.29 is 14.3 Å². The second-order valence-electron chi connectivity index (χ2n) is 5.15. The van der Waals surface area contributed by atoms with Gasteiger partial charge in [-0.05, 0) is 25.0 Å². The minimum Gasteiger partial charge on any atom is -0.493 e. The molecule has 21 heavy (non-hydrogen) atoms. The van der Waals surface area contributed by atoms with Crippen LogP contribution in [-0.2, 0) is 0 Å². The Morgan fingerprint density at radius 3 is 2.48 bits per heavy atom. The molecule has 114 valence electrons. The van der Waals surface area contributed by atoms with Gasteiger partial charge >= 0.3 is 0 Å². The number of thiocarbonyl (C=S) groups is 1. The van der Waals surface area contributed by atoms with Crippen LogP contribution >= 0.6 is 12.2 Å². The third-order valence-electron chi connectivity index (χ3n) is 3.93. The molecule has 1 amide bonds. The summed E-state index contributed by atoms with van der Waals surface area (Å²) in [7, 11) is 3.04. The summed E-state index contributed by atoms with van der Waals surface area (Å²) in [4.78, 5) is 12.9. The predicted octanol–water partition coefficient (Wildman–Crippen LogP) is 2.03. The van der Waals surface area contributed by atoms with Gasteiger partial charge in [0.15, 0.2) is 11.5 Å². The first-order valence-electron chi connectivity index (χ1n) is 6.87. The van der Waals surface area contributed by atoms with Crippen LogP contribution in [0.2, 0.25) is 0 Å². The van der Waals surface area contributed by atoms with Crippen LogP contribution in [0.5, 0.6) is 11.5 Å². The quantitative estimate of drug-likeness (QED) is 0.814. The fourth-order valence-electron chi connectivity index (χ4n) is 2.76. The minimum atomic E-state index is -0.583. The van der Waals surface area contributed by atoms with E-state index in [0.717, 1.165) is 25.7 Å². The molecule has 6 heteroatoms. The summed E-state index contributed by atoms with van der Waals surface area (Å²) < 4.78 is 10.5. The molecule has 0 radical (unpaired) electrons. The van der Waals surface area contributed by atoms with Gasteiger partial charge in [0, 0.05) is 0 Å². The molecule has 0 unspecified atom stereocenters. The molecule has 1 aliphatic carbocycles. The van der Waals surface area contributed by atoms with Crippen molar-refractivity contribution in [3.8, 4) is 11.5 Å². The minimum absolute atomic E-state index is 0.250. The molecule has 0 heterocycles. The highest BCUT2D eigenvalue weighted by Gasteiger charge is 2.38. The molecule has 1 saturated carbocycles. The third kappa shape index (κ3) is 2.95. The number of carbonyl (C=O) groups is 1. The Balaban J connectivity index is 2.30. The largest absolute Gasteiger partial charge is 0.493 e. The predicted molar refractivity (Wildman–Crippen MR) is 85.0 cm³/mol. The van der Waals surface area contributed by atoms with Crippen LogP contribution in [0.15, 0.2) is 18.2 Å². The first kappa shape index (κ1) is 15.6. The van der Waals surface area contributed by atoms with Crippen molar-refractivity contribution in [2.45, 2.75) is 31.2 Å². The van der Waals surface area contributed by atoms with Gasteiger partial charge in [-0.15, -0.1) is 0 Å². The van der Waals surface area contributed by atoms with Crippen LogP contribution < -0.4 is 20.5 Å². The number of ether oxygens (including phenoxy) is 2. The highest BCUT2D eigenvalue weighted by molar-refractivity contribution is 7.80. The van der Waals surface area contributed by atoms with Crippen molar-refractivity contribution >= 4 is 23.1 Å². The van der Waals surface area contributed by atoms with Gasteiger partial charge in [-0.3, -0.25) is 4.79 Å². The number of nitrogens with two attached hydrogens (primary N) is 1. The summed E-state index contributed by atoms with van der Waals surface area (Å²) in [5, 5.41) is 2.99. The molecular weight excluding hydrogens is 288 g/mol. The SMILES string of the molecule is COc1cccc(C(=O)NC2(C(N)=S)CCCC2)c1OC. The lowest BCUT2D eigenvalue weighted by molar-refractivity contribution is 0.0920. The molecule has 1 aromatic rings. The van der Waals surface area contributed by atoms with Gasteiger partial charge in [0.05, 0.1) is 30.3 Å². The van der Waals surface area contributed by atoms with Crippen LogP contribution in [0.4, 0.5) is 0 Å². The van der Waals surface area contributed by atoms with Crippen LogP contribution in [-0.4, -0.2) is 30.7 Å². The van der Waals surface area contributed by atoms with E-state index in [1.807, 2.05) is 0 Å². The van der Waals surface area contributed by atoms with Crippen molar-refractivity contribution in [2.24, 2.45) is 5.73 Å². The van der Waals surface area contributed by atoms with Crippen LogP contribution in [0.1, 0.15) is 36.0 Å². The number of methoxy groups -OCH3 is 2. The lowest BCUT2D eigenvalue weighted by Gasteiger charge is -2.29. The fraction of sp³-hybridized carbons (Fsp3) is 0.467. The standard InChI is InChI=1S/C15H20N2O3S/c1-19-11-7-5-6-10(12(11)20-2)13(18)17-15(14(16)21)8-3-4-9-15/h5-7H,3-4,8-9H2,1-2H3,(H2,16,21)(H,17,18). The van der Waals surface area contributed by atoms with E-state index in [1.165, 1.54) is 14.2 Å². The Hall–Kier alpha value is -1.82. The molecule has 0 spiro atoms. The number of hydrogen-bond acceptors (Lipinski definition) is 4. The monoisotopic (exact) mass is 308 g/mol. The van der Waals surface area contributed by atoms with Crippen LogP contribution in [0.25, 0.3) is 0 Å². The fourth-order valence-corrected chi connectivity index (χ4v) is 3.02. The number of para-hydroxylation sites is 1. The van der Waals surface area contributed by atoms with E-state index in [1.54, 1.807) is 18.2 Å². The van der Waals surface area contributed by atoms with Crippen molar-refractivity contribution in [3.05, 3.63) is 23.8 Å². The Morgan fingerprint density at radius 1 is 1.29 bits per heavy atom. The lowest BCUT2D eigenvalue weighted by Crippen LogP contribution is -2.54. The van der Waals surface area contributed by atoms with Gasteiger partial charge in [-0.1, -0.05) is 31.1 Å². The number of amides is 1. The molecule has 1 fully saturated rings. The molecule has 5 nitrogen and oxygen atoms in total. The number of rotatable bonds is 5. The highest BCUT2D eigenvalue weighted by Crippen LogP contribution is 2.33. The molecular formula is C15H20N2O3S. The zero-order chi connectivity index (χ0) is 15.5. The number of hydrogen-bond donors (Lipinski definition) is 2. The Kier molecular flexibility index (Phi) is 4.67. The first-order valence-corrected chi connectivity index (χ1v) is 7.28. The van der Waals surface area contributed by atoms with Crippen LogP contribution in [0, 0.1) is 0 Å². The van der Waals surface area contributed by atoms with Crippen molar-refractivity contribution in [2.75, 3.05) is 14.2 Å². The Labute approximate surface area is 129 Å². The molecule has 1 aliphatic rings. The van der Waals surface area contributed by atoms with Gasteiger partial charge < -0.3 is 20.5 Å². The average Bonchev–Trinajstić information content (AvgIpc) is 2.96. The molecule has 0 saturated heterocycles. The van der Waals surface area contributed by atoms with E-state index in [2.05, 4.69) is 5.32 Å².